The van der Waals surface area contributed by atoms with Crippen LogP contribution in [0, 0.1) is 5.92 Å². The molecule has 2 aromatic rings. The second-order valence-electron chi connectivity index (χ2n) is 8.32. The molecule has 1 unspecified atom stereocenters. The number of likely N-dealkylation sites (N-methyl/N-ethyl adjacent to an activating group) is 1. The SMILES string of the molecule is CN1C(=O)[C@](C=Cc2ccccc2)(CC2CCC[C@H](Nc3cccnc3)C2)N=C1N. The van der Waals surface area contributed by atoms with E-state index in [9.17, 15) is 4.79 Å². The van der Waals surface area contributed by atoms with E-state index >= 15 is 0 Å². The van der Waals surface area contributed by atoms with E-state index in [2.05, 4.69) is 15.3 Å². The Balaban J connectivity index is 1.52. The molecule has 1 aromatic carbocycles. The summed E-state index contributed by atoms with van der Waals surface area (Å²) in [6, 6.07) is 14.4. The Morgan fingerprint density at radius 2 is 2.07 bits per heavy atom. The van der Waals surface area contributed by atoms with Crippen molar-refractivity contribution in [2.45, 2.75) is 43.7 Å². The Hall–Kier alpha value is -3.15. The predicted molar refractivity (Wildman–Crippen MR) is 121 cm³/mol. The molecule has 156 valence electrons. The summed E-state index contributed by atoms with van der Waals surface area (Å²) in [4.78, 5) is 23.5. The second kappa shape index (κ2) is 8.69. The van der Waals surface area contributed by atoms with Gasteiger partial charge in [0.1, 0.15) is 0 Å². The molecule has 2 aliphatic rings. The van der Waals surface area contributed by atoms with Crippen LogP contribution in [0.1, 0.15) is 37.7 Å². The number of carbonyl (C=O) groups excluding carboxylic acids is 1. The number of anilines is 1. The minimum atomic E-state index is -0.921. The molecule has 1 aliphatic heterocycles. The largest absolute Gasteiger partial charge is 0.381 e. The first-order valence-corrected chi connectivity index (χ1v) is 10.6. The summed E-state index contributed by atoms with van der Waals surface area (Å²) in [5.74, 6) is 0.633. The van der Waals surface area contributed by atoms with E-state index in [-0.39, 0.29) is 5.91 Å². The van der Waals surface area contributed by atoms with Crippen LogP contribution in [0.2, 0.25) is 0 Å². The van der Waals surface area contributed by atoms with E-state index < -0.39 is 5.54 Å². The Morgan fingerprint density at radius 3 is 2.77 bits per heavy atom. The van der Waals surface area contributed by atoms with Gasteiger partial charge in [-0.05, 0) is 49.0 Å². The number of aliphatic imine (C=N–C) groups is 1. The van der Waals surface area contributed by atoms with Gasteiger partial charge >= 0.3 is 0 Å². The van der Waals surface area contributed by atoms with Crippen LogP contribution in [0.15, 0.2) is 65.9 Å². The molecule has 3 atom stereocenters. The lowest BCUT2D eigenvalue weighted by atomic mass is 9.77. The van der Waals surface area contributed by atoms with Crippen molar-refractivity contribution in [3.05, 3.63) is 66.5 Å². The number of rotatable bonds is 6. The number of guanidine groups is 1. The molecular formula is C24H29N5O. The molecule has 30 heavy (non-hydrogen) atoms. The molecule has 6 heteroatoms. The van der Waals surface area contributed by atoms with E-state index in [0.717, 1.165) is 36.9 Å². The van der Waals surface area contributed by atoms with Gasteiger partial charge in [-0.3, -0.25) is 14.7 Å². The van der Waals surface area contributed by atoms with Crippen molar-refractivity contribution in [2.24, 2.45) is 16.6 Å². The van der Waals surface area contributed by atoms with E-state index in [0.29, 0.717) is 24.3 Å². The zero-order chi connectivity index (χ0) is 21.0. The van der Waals surface area contributed by atoms with Gasteiger partial charge in [0.15, 0.2) is 11.5 Å². The smallest absolute Gasteiger partial charge is 0.261 e. The maximum absolute atomic E-state index is 13.2. The number of benzene rings is 1. The average molecular weight is 404 g/mol. The minimum absolute atomic E-state index is 0.0467. The Labute approximate surface area is 177 Å². The van der Waals surface area contributed by atoms with Crippen molar-refractivity contribution < 1.29 is 4.79 Å². The highest BCUT2D eigenvalue weighted by atomic mass is 16.2. The molecule has 0 radical (unpaired) electrons. The summed E-state index contributed by atoms with van der Waals surface area (Å²) < 4.78 is 0. The summed E-state index contributed by atoms with van der Waals surface area (Å²) >= 11 is 0. The van der Waals surface area contributed by atoms with Crippen LogP contribution in [-0.4, -0.2) is 40.4 Å². The highest BCUT2D eigenvalue weighted by Crippen LogP contribution is 2.37. The predicted octanol–water partition coefficient (Wildman–Crippen LogP) is 3.68. The zero-order valence-corrected chi connectivity index (χ0v) is 17.4. The summed E-state index contributed by atoms with van der Waals surface area (Å²) in [5, 5.41) is 3.60. The quantitative estimate of drug-likeness (QED) is 0.771. The molecule has 6 nitrogen and oxygen atoms in total. The molecule has 0 bridgehead atoms. The molecule has 0 spiro atoms. The third-order valence-corrected chi connectivity index (χ3v) is 6.10. The fraction of sp³-hybridized carbons (Fsp3) is 0.375. The van der Waals surface area contributed by atoms with Gasteiger partial charge in [0.2, 0.25) is 0 Å². The van der Waals surface area contributed by atoms with Gasteiger partial charge in [0.25, 0.3) is 5.91 Å². The van der Waals surface area contributed by atoms with E-state index in [1.54, 1.807) is 13.2 Å². The number of pyridine rings is 1. The Morgan fingerprint density at radius 1 is 1.23 bits per heavy atom. The van der Waals surface area contributed by atoms with Gasteiger partial charge in [-0.25, -0.2) is 4.99 Å². The maximum Gasteiger partial charge on any atom is 0.261 e. The first kappa shape index (κ1) is 20.1. The molecule has 3 N–H and O–H groups in total. The number of hydrogen-bond acceptors (Lipinski definition) is 5. The van der Waals surface area contributed by atoms with Gasteiger partial charge in [0.05, 0.1) is 5.69 Å². The van der Waals surface area contributed by atoms with Gasteiger partial charge in [-0.1, -0.05) is 49.2 Å². The van der Waals surface area contributed by atoms with E-state index in [1.807, 2.05) is 60.8 Å². The number of nitrogens with one attached hydrogen (secondary N) is 1. The highest BCUT2D eigenvalue weighted by molar-refractivity contribution is 6.08. The maximum atomic E-state index is 13.2. The van der Waals surface area contributed by atoms with Crippen LogP contribution in [-0.2, 0) is 4.79 Å². The van der Waals surface area contributed by atoms with E-state index in [1.165, 1.54) is 4.90 Å². The highest BCUT2D eigenvalue weighted by Gasteiger charge is 2.46. The van der Waals surface area contributed by atoms with Gasteiger partial charge in [-0.15, -0.1) is 0 Å². The van der Waals surface area contributed by atoms with Crippen molar-refractivity contribution in [1.29, 1.82) is 0 Å². The number of amides is 1. The van der Waals surface area contributed by atoms with Crippen molar-refractivity contribution in [3.8, 4) is 0 Å². The molecule has 1 saturated carbocycles. The lowest BCUT2D eigenvalue weighted by molar-refractivity contribution is -0.129. The van der Waals surface area contributed by atoms with Gasteiger partial charge < -0.3 is 11.1 Å². The Bertz CT molecular complexity index is 927. The first-order valence-electron chi connectivity index (χ1n) is 10.6. The number of nitrogens with two attached hydrogens (primary N) is 1. The van der Waals surface area contributed by atoms with Crippen LogP contribution < -0.4 is 11.1 Å². The number of carbonyl (C=O) groups is 1. The second-order valence-corrected chi connectivity index (χ2v) is 8.32. The average Bonchev–Trinajstić information content (AvgIpc) is 2.98. The number of aromatic nitrogens is 1. The minimum Gasteiger partial charge on any atom is -0.381 e. The van der Waals surface area contributed by atoms with Gasteiger partial charge in [-0.2, -0.15) is 0 Å². The molecule has 4 rings (SSSR count). The van der Waals surface area contributed by atoms with Gasteiger partial charge in [0, 0.05) is 25.5 Å². The summed E-state index contributed by atoms with van der Waals surface area (Å²) in [5.41, 5.74) is 7.22. The summed E-state index contributed by atoms with van der Waals surface area (Å²) in [7, 11) is 1.70. The fourth-order valence-corrected chi connectivity index (χ4v) is 4.56. The van der Waals surface area contributed by atoms with Crippen molar-refractivity contribution in [1.82, 2.24) is 9.88 Å². The van der Waals surface area contributed by atoms with Crippen molar-refractivity contribution in [2.75, 3.05) is 12.4 Å². The van der Waals surface area contributed by atoms with Crippen LogP contribution in [0.3, 0.4) is 0 Å². The monoisotopic (exact) mass is 403 g/mol. The molecule has 1 fully saturated rings. The third kappa shape index (κ3) is 4.37. The first-order chi connectivity index (χ1) is 14.6. The van der Waals surface area contributed by atoms with Crippen molar-refractivity contribution >= 4 is 23.6 Å². The molecule has 0 saturated heterocycles. The van der Waals surface area contributed by atoms with Crippen molar-refractivity contribution in [3.63, 3.8) is 0 Å². The van der Waals surface area contributed by atoms with Crippen LogP contribution in [0.4, 0.5) is 5.69 Å². The normalized spacial score (nSPS) is 26.8. The standard InChI is InChI=1S/C24H29N5O/c1-29-22(30)24(28-23(29)25,13-12-18-7-3-2-4-8-18)16-19-9-5-10-20(15-19)27-21-11-6-14-26-17-21/h2-4,6-8,11-14,17,19-20,27H,5,9-10,15-16H2,1H3,(H2,25,28)/t19?,20-,24-/m0/s1. The zero-order valence-electron chi connectivity index (χ0n) is 17.4. The molecule has 2 heterocycles. The molecule has 1 aromatic heterocycles. The fourth-order valence-electron chi connectivity index (χ4n) is 4.56. The van der Waals surface area contributed by atoms with Crippen LogP contribution >= 0.6 is 0 Å². The molecule has 1 amide bonds. The van der Waals surface area contributed by atoms with Crippen LogP contribution in [0.25, 0.3) is 6.08 Å². The Kier molecular flexibility index (Phi) is 5.84. The third-order valence-electron chi connectivity index (χ3n) is 6.10. The molecule has 1 aliphatic carbocycles. The number of hydrogen-bond donors (Lipinski definition) is 2. The number of nitrogens with zero attached hydrogens (tertiary/aromatic N) is 3. The van der Waals surface area contributed by atoms with Crippen LogP contribution in [0.5, 0.6) is 0 Å². The van der Waals surface area contributed by atoms with E-state index in [4.69, 9.17) is 5.73 Å². The lowest BCUT2D eigenvalue weighted by Crippen LogP contribution is -2.43. The topological polar surface area (TPSA) is 83.6 Å². The summed E-state index contributed by atoms with van der Waals surface area (Å²) in [6.45, 7) is 0. The molecular weight excluding hydrogens is 374 g/mol. The lowest BCUT2D eigenvalue weighted by Gasteiger charge is -2.34. The summed E-state index contributed by atoms with van der Waals surface area (Å²) in [6.07, 6.45) is 12.6.